The van der Waals surface area contributed by atoms with Crippen LogP contribution in [0.2, 0.25) is 0 Å². The summed E-state index contributed by atoms with van der Waals surface area (Å²) in [6, 6.07) is 8.38. The van der Waals surface area contributed by atoms with E-state index in [0.29, 0.717) is 31.9 Å². The summed E-state index contributed by atoms with van der Waals surface area (Å²) in [5.74, 6) is 0.317. The van der Waals surface area contributed by atoms with Gasteiger partial charge >= 0.3 is 5.97 Å². The van der Waals surface area contributed by atoms with Gasteiger partial charge in [0.15, 0.2) is 0 Å². The van der Waals surface area contributed by atoms with Crippen molar-refractivity contribution in [1.29, 1.82) is 0 Å². The molecule has 3 aliphatic rings. The second-order valence-electron chi connectivity index (χ2n) is 10.6. The number of anilines is 1. The van der Waals surface area contributed by atoms with Crippen molar-refractivity contribution in [2.75, 3.05) is 45.3 Å². The monoisotopic (exact) mass is 525 g/mol. The molecule has 2 aromatic rings. The van der Waals surface area contributed by atoms with Crippen molar-refractivity contribution in [2.24, 2.45) is 0 Å². The molecule has 1 N–H and O–H groups in total. The van der Waals surface area contributed by atoms with E-state index in [2.05, 4.69) is 22.3 Å². The van der Waals surface area contributed by atoms with Crippen molar-refractivity contribution < 1.29 is 23.4 Å². The van der Waals surface area contributed by atoms with Gasteiger partial charge in [0.2, 0.25) is 0 Å². The van der Waals surface area contributed by atoms with Crippen LogP contribution in [0.15, 0.2) is 30.3 Å². The number of esters is 1. The lowest BCUT2D eigenvalue weighted by molar-refractivity contribution is -0.147. The number of likely N-dealkylation sites (tertiary alicyclic amines) is 1. The predicted molar refractivity (Wildman–Crippen MR) is 144 cm³/mol. The maximum absolute atomic E-state index is 14.4. The summed E-state index contributed by atoms with van der Waals surface area (Å²) in [5.41, 5.74) is 3.98. The van der Waals surface area contributed by atoms with Gasteiger partial charge in [-0.3, -0.25) is 4.90 Å². The second kappa shape index (κ2) is 13.0. The molecule has 2 unspecified atom stereocenters. The van der Waals surface area contributed by atoms with Crippen molar-refractivity contribution in [2.45, 2.75) is 76.0 Å². The van der Waals surface area contributed by atoms with Crippen LogP contribution in [0, 0.1) is 5.82 Å². The summed E-state index contributed by atoms with van der Waals surface area (Å²) in [4.78, 5) is 19.8. The number of hydrogen-bond acceptors (Lipinski definition) is 7. The Hall–Kier alpha value is -2.55. The highest BCUT2D eigenvalue weighted by molar-refractivity contribution is 5.78. The maximum Gasteiger partial charge on any atom is 0.327 e. The first-order valence-electron chi connectivity index (χ1n) is 14.2. The van der Waals surface area contributed by atoms with Gasteiger partial charge in [-0.15, -0.1) is 0 Å². The van der Waals surface area contributed by atoms with E-state index in [0.717, 1.165) is 75.0 Å². The zero-order valence-corrected chi connectivity index (χ0v) is 22.4. The van der Waals surface area contributed by atoms with E-state index in [9.17, 15) is 9.18 Å². The minimum absolute atomic E-state index is 0.0381. The Morgan fingerprint density at radius 1 is 1.21 bits per heavy atom. The van der Waals surface area contributed by atoms with Gasteiger partial charge in [0, 0.05) is 38.5 Å². The third-order valence-electron chi connectivity index (χ3n) is 7.97. The van der Waals surface area contributed by atoms with Gasteiger partial charge in [-0.2, -0.15) is 0 Å². The minimum atomic E-state index is -0.673. The molecule has 0 amide bonds. The Labute approximate surface area is 225 Å². The number of methoxy groups -OCH3 is 1. The molecular weight excluding hydrogens is 485 g/mol. The zero-order valence-electron chi connectivity index (χ0n) is 22.4. The molecule has 5 rings (SSSR count). The molecule has 8 heteroatoms. The van der Waals surface area contributed by atoms with E-state index in [-0.39, 0.29) is 24.0 Å². The Morgan fingerprint density at radius 3 is 2.97 bits per heavy atom. The van der Waals surface area contributed by atoms with Crippen LogP contribution in [-0.4, -0.2) is 61.9 Å². The summed E-state index contributed by atoms with van der Waals surface area (Å²) >= 11 is 0. The number of aromatic nitrogens is 1. The molecule has 0 saturated carbocycles. The lowest BCUT2D eigenvalue weighted by atomic mass is 9.92. The van der Waals surface area contributed by atoms with E-state index < -0.39 is 6.04 Å². The molecule has 1 aromatic carbocycles. The molecule has 4 heterocycles. The second-order valence-corrected chi connectivity index (χ2v) is 10.6. The SMILES string of the molecule is COC(=O)C(c1cc(F)ccc1C1CCCCO1)N1CC[C@@H](OCCCCc2ccc3c(n2)NCCC3)C1. The Kier molecular flexibility index (Phi) is 9.25. The first kappa shape index (κ1) is 27.0. The number of rotatable bonds is 10. The normalized spacial score (nSPS) is 22.5. The Bertz CT molecular complexity index is 1090. The van der Waals surface area contributed by atoms with Crippen molar-refractivity contribution >= 4 is 11.8 Å². The van der Waals surface area contributed by atoms with Gasteiger partial charge in [-0.05, 0) is 92.7 Å². The van der Waals surface area contributed by atoms with Crippen LogP contribution in [0.1, 0.15) is 79.5 Å². The first-order chi connectivity index (χ1) is 18.6. The number of pyridine rings is 1. The molecule has 3 aliphatic heterocycles. The largest absolute Gasteiger partial charge is 0.468 e. The Morgan fingerprint density at radius 2 is 2.13 bits per heavy atom. The summed E-state index contributed by atoms with van der Waals surface area (Å²) in [7, 11) is 1.39. The molecular formula is C30H40FN3O4. The number of hydrogen-bond donors (Lipinski definition) is 1. The van der Waals surface area contributed by atoms with E-state index in [4.69, 9.17) is 19.2 Å². The third-order valence-corrected chi connectivity index (χ3v) is 7.97. The molecule has 3 atom stereocenters. The summed E-state index contributed by atoms with van der Waals surface area (Å²) in [6.07, 6.45) is 8.88. The van der Waals surface area contributed by atoms with Gasteiger partial charge in [0.05, 0.1) is 19.3 Å². The smallest absolute Gasteiger partial charge is 0.327 e. The van der Waals surface area contributed by atoms with E-state index in [1.807, 2.05) is 0 Å². The maximum atomic E-state index is 14.4. The van der Waals surface area contributed by atoms with E-state index in [1.54, 1.807) is 6.07 Å². The van der Waals surface area contributed by atoms with E-state index in [1.165, 1.54) is 31.2 Å². The van der Waals surface area contributed by atoms with Gasteiger partial charge in [0.1, 0.15) is 17.7 Å². The number of halogens is 1. The molecule has 0 spiro atoms. The van der Waals surface area contributed by atoms with Crippen molar-refractivity contribution in [3.05, 3.63) is 58.5 Å². The molecule has 206 valence electrons. The number of ether oxygens (including phenoxy) is 3. The molecule has 2 saturated heterocycles. The average Bonchev–Trinajstić information content (AvgIpc) is 3.41. The van der Waals surface area contributed by atoms with Crippen LogP contribution >= 0.6 is 0 Å². The number of carbonyl (C=O) groups is 1. The third kappa shape index (κ3) is 6.53. The minimum Gasteiger partial charge on any atom is -0.468 e. The molecule has 38 heavy (non-hydrogen) atoms. The van der Waals surface area contributed by atoms with Crippen LogP contribution < -0.4 is 5.32 Å². The lowest BCUT2D eigenvalue weighted by Crippen LogP contribution is -2.35. The number of benzene rings is 1. The van der Waals surface area contributed by atoms with Crippen LogP contribution in [0.5, 0.6) is 0 Å². The standard InChI is InChI=1S/C30H40FN3O4/c1-36-30(35)28(26-19-22(31)11-13-25(26)27-9-3-5-18-38-27)34-16-14-24(20-34)37-17-4-2-8-23-12-10-21-7-6-15-32-29(21)33-23/h10-13,19,24,27-28H,2-9,14-18,20H2,1H3,(H,32,33)/t24-,27?,28?/m1/s1. The quantitative estimate of drug-likeness (QED) is 0.340. The fourth-order valence-corrected chi connectivity index (χ4v) is 5.94. The molecule has 2 fully saturated rings. The van der Waals surface area contributed by atoms with Crippen molar-refractivity contribution in [3.8, 4) is 0 Å². The average molecular weight is 526 g/mol. The fourth-order valence-electron chi connectivity index (χ4n) is 5.94. The van der Waals surface area contributed by atoms with Crippen LogP contribution in [0.3, 0.4) is 0 Å². The number of aryl methyl sites for hydroxylation is 2. The fraction of sp³-hybridized carbons (Fsp3) is 0.600. The van der Waals surface area contributed by atoms with Crippen LogP contribution in [-0.2, 0) is 31.8 Å². The van der Waals surface area contributed by atoms with Crippen molar-refractivity contribution in [3.63, 3.8) is 0 Å². The molecule has 0 radical (unpaired) electrons. The molecule has 0 aliphatic carbocycles. The highest BCUT2D eigenvalue weighted by atomic mass is 19.1. The number of nitrogens with one attached hydrogen (secondary N) is 1. The number of nitrogens with zero attached hydrogens (tertiary/aromatic N) is 2. The van der Waals surface area contributed by atoms with Gasteiger partial charge in [-0.1, -0.05) is 12.1 Å². The van der Waals surface area contributed by atoms with Gasteiger partial charge in [-0.25, -0.2) is 14.2 Å². The van der Waals surface area contributed by atoms with Gasteiger partial charge < -0.3 is 19.5 Å². The number of unbranched alkanes of at least 4 members (excludes halogenated alkanes) is 1. The topological polar surface area (TPSA) is 72.9 Å². The number of carbonyl (C=O) groups excluding carboxylic acids is 1. The molecule has 7 nitrogen and oxygen atoms in total. The highest BCUT2D eigenvalue weighted by Gasteiger charge is 2.37. The van der Waals surface area contributed by atoms with E-state index >= 15 is 0 Å². The highest BCUT2D eigenvalue weighted by Crippen LogP contribution is 2.37. The lowest BCUT2D eigenvalue weighted by Gasteiger charge is -2.31. The van der Waals surface area contributed by atoms with Crippen molar-refractivity contribution in [1.82, 2.24) is 9.88 Å². The number of fused-ring (bicyclic) bond motifs is 1. The first-order valence-corrected chi connectivity index (χ1v) is 14.2. The molecule has 1 aromatic heterocycles. The summed E-state index contributed by atoms with van der Waals surface area (Å²) in [5, 5.41) is 3.40. The summed E-state index contributed by atoms with van der Waals surface area (Å²) < 4.78 is 31.8. The molecule has 0 bridgehead atoms. The van der Waals surface area contributed by atoms with Crippen LogP contribution in [0.4, 0.5) is 10.2 Å². The summed E-state index contributed by atoms with van der Waals surface area (Å²) in [6.45, 7) is 3.66. The zero-order chi connectivity index (χ0) is 26.3. The van der Waals surface area contributed by atoms with Crippen LogP contribution in [0.25, 0.3) is 0 Å². The van der Waals surface area contributed by atoms with Gasteiger partial charge in [0.25, 0.3) is 0 Å². The predicted octanol–water partition coefficient (Wildman–Crippen LogP) is 5.15. The Balaban J connectivity index is 1.15.